The molecule has 0 aliphatic carbocycles. The maximum atomic E-state index is 10.8. The SMILES string of the molecule is COCC(O)CCNCCCS(C)(=O)=O. The number of aliphatic hydroxyl groups excluding tert-OH is 1. The third-order valence-corrected chi connectivity index (χ3v) is 2.91. The molecule has 0 radical (unpaired) electrons. The van der Waals surface area contributed by atoms with Gasteiger partial charge < -0.3 is 15.2 Å². The molecule has 0 aromatic carbocycles. The molecule has 0 fully saturated rings. The van der Waals surface area contributed by atoms with Gasteiger partial charge >= 0.3 is 0 Å². The van der Waals surface area contributed by atoms with E-state index in [0.717, 1.165) is 0 Å². The highest BCUT2D eigenvalue weighted by Gasteiger charge is 2.03. The van der Waals surface area contributed by atoms with Gasteiger partial charge in [0.2, 0.25) is 0 Å². The summed E-state index contributed by atoms with van der Waals surface area (Å²) >= 11 is 0. The molecule has 0 spiro atoms. The normalized spacial score (nSPS) is 14.1. The Hall–Kier alpha value is -0.170. The summed E-state index contributed by atoms with van der Waals surface area (Å²) in [6, 6.07) is 0. The van der Waals surface area contributed by atoms with Crippen molar-refractivity contribution in [2.24, 2.45) is 0 Å². The second kappa shape index (κ2) is 8.04. The Morgan fingerprint density at radius 3 is 2.60 bits per heavy atom. The fourth-order valence-electron chi connectivity index (χ4n) is 1.13. The quantitative estimate of drug-likeness (QED) is 0.526. The van der Waals surface area contributed by atoms with E-state index in [-0.39, 0.29) is 5.75 Å². The van der Waals surface area contributed by atoms with Crippen LogP contribution < -0.4 is 5.32 Å². The zero-order valence-corrected chi connectivity index (χ0v) is 10.2. The second-order valence-electron chi connectivity index (χ2n) is 3.63. The van der Waals surface area contributed by atoms with Gasteiger partial charge in [0.15, 0.2) is 0 Å². The standard InChI is InChI=1S/C9H21NO4S/c1-14-8-9(11)4-6-10-5-3-7-15(2,12)13/h9-11H,3-8H2,1-2H3. The summed E-state index contributed by atoms with van der Waals surface area (Å²) in [5.74, 6) is 0.209. The van der Waals surface area contributed by atoms with E-state index in [9.17, 15) is 13.5 Å². The smallest absolute Gasteiger partial charge is 0.147 e. The van der Waals surface area contributed by atoms with E-state index < -0.39 is 15.9 Å². The Bertz CT molecular complexity index is 240. The molecule has 0 rings (SSSR count). The minimum atomic E-state index is -2.85. The maximum absolute atomic E-state index is 10.8. The van der Waals surface area contributed by atoms with E-state index in [4.69, 9.17) is 4.74 Å². The maximum Gasteiger partial charge on any atom is 0.147 e. The van der Waals surface area contributed by atoms with Gasteiger partial charge in [-0.25, -0.2) is 8.42 Å². The van der Waals surface area contributed by atoms with Gasteiger partial charge in [0, 0.05) is 13.4 Å². The molecule has 2 N–H and O–H groups in total. The van der Waals surface area contributed by atoms with Crippen LogP contribution in [0.15, 0.2) is 0 Å². The van der Waals surface area contributed by atoms with Crippen LogP contribution in [0.4, 0.5) is 0 Å². The number of methoxy groups -OCH3 is 1. The van der Waals surface area contributed by atoms with Crippen molar-refractivity contribution < 1.29 is 18.3 Å². The Morgan fingerprint density at radius 2 is 2.07 bits per heavy atom. The number of rotatable bonds is 9. The van der Waals surface area contributed by atoms with Crippen LogP contribution in [0.3, 0.4) is 0 Å². The predicted octanol–water partition coefficient (Wildman–Crippen LogP) is -0.592. The molecule has 0 saturated heterocycles. The van der Waals surface area contributed by atoms with Crippen LogP contribution in [0.25, 0.3) is 0 Å². The highest BCUT2D eigenvalue weighted by molar-refractivity contribution is 7.90. The lowest BCUT2D eigenvalue weighted by molar-refractivity contribution is 0.0595. The van der Waals surface area contributed by atoms with Crippen LogP contribution >= 0.6 is 0 Å². The number of sulfone groups is 1. The molecule has 0 aliphatic rings. The Balaban J connectivity index is 3.25. The summed E-state index contributed by atoms with van der Waals surface area (Å²) in [6.45, 7) is 1.67. The number of aliphatic hydroxyl groups is 1. The lowest BCUT2D eigenvalue weighted by Gasteiger charge is -2.09. The fraction of sp³-hybridized carbons (Fsp3) is 1.00. The van der Waals surface area contributed by atoms with Crippen LogP contribution in [0.5, 0.6) is 0 Å². The van der Waals surface area contributed by atoms with E-state index in [0.29, 0.717) is 32.5 Å². The lowest BCUT2D eigenvalue weighted by atomic mass is 10.2. The van der Waals surface area contributed by atoms with Crippen molar-refractivity contribution >= 4 is 9.84 Å². The molecule has 92 valence electrons. The van der Waals surface area contributed by atoms with E-state index in [2.05, 4.69) is 5.32 Å². The van der Waals surface area contributed by atoms with Gasteiger partial charge in [-0.1, -0.05) is 0 Å². The molecule has 0 aromatic heterocycles. The number of hydrogen-bond donors (Lipinski definition) is 2. The monoisotopic (exact) mass is 239 g/mol. The van der Waals surface area contributed by atoms with Gasteiger partial charge in [-0.05, 0) is 25.9 Å². The topological polar surface area (TPSA) is 75.6 Å². The molecule has 0 heterocycles. The summed E-state index contributed by atoms with van der Waals surface area (Å²) in [5.41, 5.74) is 0. The van der Waals surface area contributed by atoms with Crippen molar-refractivity contribution in [3.8, 4) is 0 Å². The molecule has 5 nitrogen and oxygen atoms in total. The first kappa shape index (κ1) is 14.8. The predicted molar refractivity (Wildman–Crippen MR) is 59.7 cm³/mol. The summed E-state index contributed by atoms with van der Waals surface area (Å²) in [4.78, 5) is 0. The van der Waals surface area contributed by atoms with E-state index in [1.807, 2.05) is 0 Å². The van der Waals surface area contributed by atoms with Crippen molar-refractivity contribution in [3.05, 3.63) is 0 Å². The first-order valence-electron chi connectivity index (χ1n) is 5.01. The van der Waals surface area contributed by atoms with Crippen LogP contribution in [0, 0.1) is 0 Å². The summed E-state index contributed by atoms with van der Waals surface area (Å²) in [5, 5.41) is 12.3. The van der Waals surface area contributed by atoms with Gasteiger partial charge in [-0.15, -0.1) is 0 Å². The Kier molecular flexibility index (Phi) is 7.95. The molecule has 0 bridgehead atoms. The van der Waals surface area contributed by atoms with Gasteiger partial charge in [0.1, 0.15) is 9.84 Å². The number of ether oxygens (including phenoxy) is 1. The van der Waals surface area contributed by atoms with Crippen LogP contribution in [0.2, 0.25) is 0 Å². The average Bonchev–Trinajstić information content (AvgIpc) is 2.09. The molecule has 0 aromatic rings. The first-order valence-corrected chi connectivity index (χ1v) is 7.07. The Labute approximate surface area is 91.7 Å². The van der Waals surface area contributed by atoms with Gasteiger partial charge in [0.25, 0.3) is 0 Å². The van der Waals surface area contributed by atoms with Crippen molar-refractivity contribution in [3.63, 3.8) is 0 Å². The minimum Gasteiger partial charge on any atom is -0.391 e. The summed E-state index contributed by atoms with van der Waals surface area (Å²) in [6.07, 6.45) is 2.01. The molecular weight excluding hydrogens is 218 g/mol. The van der Waals surface area contributed by atoms with Gasteiger partial charge in [-0.2, -0.15) is 0 Å². The highest BCUT2D eigenvalue weighted by Crippen LogP contribution is 1.91. The first-order chi connectivity index (χ1) is 6.95. The fourth-order valence-corrected chi connectivity index (χ4v) is 1.80. The third-order valence-electron chi connectivity index (χ3n) is 1.88. The zero-order valence-electron chi connectivity index (χ0n) is 9.40. The molecule has 1 unspecified atom stereocenters. The zero-order chi connectivity index (χ0) is 11.7. The van der Waals surface area contributed by atoms with Crippen LogP contribution in [-0.4, -0.2) is 58.4 Å². The van der Waals surface area contributed by atoms with Crippen molar-refractivity contribution in [2.75, 3.05) is 38.8 Å². The number of nitrogens with one attached hydrogen (secondary N) is 1. The molecule has 6 heteroatoms. The molecule has 1 atom stereocenters. The number of hydrogen-bond acceptors (Lipinski definition) is 5. The van der Waals surface area contributed by atoms with Crippen molar-refractivity contribution in [1.82, 2.24) is 5.32 Å². The lowest BCUT2D eigenvalue weighted by Crippen LogP contribution is -2.25. The third kappa shape index (κ3) is 11.8. The molecule has 15 heavy (non-hydrogen) atoms. The molecule has 0 amide bonds. The van der Waals surface area contributed by atoms with Crippen molar-refractivity contribution in [2.45, 2.75) is 18.9 Å². The summed E-state index contributed by atoms with van der Waals surface area (Å²) in [7, 11) is -1.30. The highest BCUT2D eigenvalue weighted by atomic mass is 32.2. The van der Waals surface area contributed by atoms with E-state index in [1.165, 1.54) is 6.26 Å². The van der Waals surface area contributed by atoms with E-state index >= 15 is 0 Å². The van der Waals surface area contributed by atoms with E-state index in [1.54, 1.807) is 7.11 Å². The van der Waals surface area contributed by atoms with Crippen LogP contribution in [0.1, 0.15) is 12.8 Å². The minimum absolute atomic E-state index is 0.209. The van der Waals surface area contributed by atoms with Crippen LogP contribution in [-0.2, 0) is 14.6 Å². The molecule has 0 saturated carbocycles. The average molecular weight is 239 g/mol. The van der Waals surface area contributed by atoms with Gasteiger partial charge in [-0.3, -0.25) is 0 Å². The Morgan fingerprint density at radius 1 is 1.40 bits per heavy atom. The second-order valence-corrected chi connectivity index (χ2v) is 5.89. The molecular formula is C9H21NO4S. The van der Waals surface area contributed by atoms with Crippen molar-refractivity contribution in [1.29, 1.82) is 0 Å². The molecule has 0 aliphatic heterocycles. The largest absolute Gasteiger partial charge is 0.391 e. The van der Waals surface area contributed by atoms with Gasteiger partial charge in [0.05, 0.1) is 18.5 Å². The summed E-state index contributed by atoms with van der Waals surface area (Å²) < 4.78 is 26.3.